The van der Waals surface area contributed by atoms with Crippen LogP contribution in [0.5, 0.6) is 0 Å². The Bertz CT molecular complexity index is 101. The first-order valence-electron chi connectivity index (χ1n) is 2.68. The van der Waals surface area contributed by atoms with E-state index in [0.29, 0.717) is 11.4 Å². The van der Waals surface area contributed by atoms with E-state index in [2.05, 4.69) is 21.2 Å². The molecule has 0 atom stereocenters. The number of halogens is 1. The lowest BCUT2D eigenvalue weighted by molar-refractivity contribution is -0.118. The van der Waals surface area contributed by atoms with Crippen LogP contribution >= 0.6 is 15.9 Å². The first-order chi connectivity index (χ1) is 3.83. The molecule has 1 amide bonds. The van der Waals surface area contributed by atoms with Crippen LogP contribution in [0.2, 0.25) is 0 Å². The van der Waals surface area contributed by atoms with Crippen LogP contribution in [0.25, 0.3) is 0 Å². The average molecular weight is 178 g/mol. The van der Waals surface area contributed by atoms with Gasteiger partial charge >= 0.3 is 0 Å². The molecule has 8 heavy (non-hydrogen) atoms. The van der Waals surface area contributed by atoms with Gasteiger partial charge in [-0.1, -0.05) is 15.9 Å². The first kappa shape index (κ1) is 6.08. The molecule has 1 aliphatic carbocycles. The Kier molecular flexibility index (Phi) is 1.89. The molecule has 0 aromatic rings. The number of nitrogens with one attached hydrogen (secondary N) is 1. The van der Waals surface area contributed by atoms with Crippen LogP contribution in [-0.2, 0) is 4.79 Å². The van der Waals surface area contributed by atoms with Crippen LogP contribution in [0.15, 0.2) is 0 Å². The van der Waals surface area contributed by atoms with Gasteiger partial charge in [0, 0.05) is 6.04 Å². The van der Waals surface area contributed by atoms with E-state index in [-0.39, 0.29) is 5.91 Å². The highest BCUT2D eigenvalue weighted by molar-refractivity contribution is 9.09. The maximum absolute atomic E-state index is 10.5. The van der Waals surface area contributed by atoms with E-state index in [0.717, 1.165) is 0 Å². The van der Waals surface area contributed by atoms with Gasteiger partial charge in [0.05, 0.1) is 5.33 Å². The molecule has 2 nitrogen and oxygen atoms in total. The van der Waals surface area contributed by atoms with E-state index >= 15 is 0 Å². The number of carbonyl (C=O) groups is 1. The molecular weight excluding hydrogens is 170 g/mol. The van der Waals surface area contributed by atoms with Crippen LogP contribution in [0.4, 0.5) is 0 Å². The smallest absolute Gasteiger partial charge is 0.230 e. The lowest BCUT2D eigenvalue weighted by Crippen LogP contribution is -2.25. The molecule has 1 aliphatic rings. The van der Waals surface area contributed by atoms with Crippen molar-refractivity contribution < 1.29 is 4.79 Å². The van der Waals surface area contributed by atoms with Gasteiger partial charge in [-0.15, -0.1) is 0 Å². The van der Waals surface area contributed by atoms with Crippen LogP contribution in [0.1, 0.15) is 12.8 Å². The largest absolute Gasteiger partial charge is 0.353 e. The van der Waals surface area contributed by atoms with Crippen molar-refractivity contribution in [3.8, 4) is 0 Å². The Morgan fingerprint density at radius 3 is 2.75 bits per heavy atom. The molecule has 1 fully saturated rings. The summed E-state index contributed by atoms with van der Waals surface area (Å²) in [4.78, 5) is 10.5. The topological polar surface area (TPSA) is 29.1 Å². The molecule has 0 aliphatic heterocycles. The molecule has 1 rings (SSSR count). The maximum Gasteiger partial charge on any atom is 0.230 e. The predicted molar refractivity (Wildman–Crippen MR) is 35.0 cm³/mol. The molecule has 1 N–H and O–H groups in total. The fourth-order valence-electron chi connectivity index (χ4n) is 0.494. The van der Waals surface area contributed by atoms with E-state index in [1.165, 1.54) is 12.8 Å². The Morgan fingerprint density at radius 1 is 1.75 bits per heavy atom. The molecule has 0 radical (unpaired) electrons. The molecule has 0 bridgehead atoms. The van der Waals surface area contributed by atoms with Crippen LogP contribution < -0.4 is 5.32 Å². The third-order valence-corrected chi connectivity index (χ3v) is 1.57. The molecule has 0 heterocycles. The number of hydrogen-bond acceptors (Lipinski definition) is 1. The summed E-state index contributed by atoms with van der Waals surface area (Å²) in [6.07, 6.45) is 2.33. The SMILES string of the molecule is O=C(CBr)NC1CC1. The van der Waals surface area contributed by atoms with Crippen LogP contribution in [0.3, 0.4) is 0 Å². The standard InChI is InChI=1S/C5H8BrNO/c6-3-5(8)7-4-1-2-4/h4H,1-3H2,(H,7,8). The highest BCUT2D eigenvalue weighted by atomic mass is 79.9. The Labute approximate surface area is 56.8 Å². The second-order valence-corrected chi connectivity index (χ2v) is 2.54. The van der Waals surface area contributed by atoms with Crippen molar-refractivity contribution in [3.05, 3.63) is 0 Å². The van der Waals surface area contributed by atoms with Gasteiger partial charge in [-0.05, 0) is 12.8 Å². The number of alkyl halides is 1. The Hall–Kier alpha value is -0.0500. The lowest BCUT2D eigenvalue weighted by Gasteiger charge is -1.95. The predicted octanol–water partition coefficient (Wildman–Crippen LogP) is 0.660. The second kappa shape index (κ2) is 2.49. The van der Waals surface area contributed by atoms with E-state index in [4.69, 9.17) is 0 Å². The minimum absolute atomic E-state index is 0.104. The fourth-order valence-corrected chi connectivity index (χ4v) is 0.656. The van der Waals surface area contributed by atoms with E-state index in [1.807, 2.05) is 0 Å². The first-order valence-corrected chi connectivity index (χ1v) is 3.80. The van der Waals surface area contributed by atoms with Crippen molar-refractivity contribution in [2.45, 2.75) is 18.9 Å². The molecule has 46 valence electrons. The minimum Gasteiger partial charge on any atom is -0.353 e. The number of rotatable bonds is 2. The van der Waals surface area contributed by atoms with E-state index in [9.17, 15) is 4.79 Å². The molecule has 0 unspecified atom stereocenters. The summed E-state index contributed by atoms with van der Waals surface area (Å²) in [5.74, 6) is 0.104. The Balaban J connectivity index is 2.07. The maximum atomic E-state index is 10.5. The van der Waals surface area contributed by atoms with Crippen molar-refractivity contribution >= 4 is 21.8 Å². The van der Waals surface area contributed by atoms with Gasteiger partial charge in [-0.3, -0.25) is 4.79 Å². The summed E-state index contributed by atoms with van der Waals surface area (Å²) in [5, 5.41) is 3.25. The molecular formula is C5H8BrNO. The summed E-state index contributed by atoms with van der Waals surface area (Å²) < 4.78 is 0. The van der Waals surface area contributed by atoms with Crippen LogP contribution in [0, 0.1) is 0 Å². The summed E-state index contributed by atoms with van der Waals surface area (Å²) in [7, 11) is 0. The van der Waals surface area contributed by atoms with Gasteiger partial charge in [0.1, 0.15) is 0 Å². The third kappa shape index (κ3) is 1.82. The summed E-state index contributed by atoms with van der Waals surface area (Å²) in [6, 6.07) is 0.500. The molecule has 0 aromatic carbocycles. The van der Waals surface area contributed by atoms with E-state index < -0.39 is 0 Å². The summed E-state index contributed by atoms with van der Waals surface area (Å²) in [6.45, 7) is 0. The van der Waals surface area contributed by atoms with Crippen molar-refractivity contribution in [1.82, 2.24) is 5.32 Å². The van der Waals surface area contributed by atoms with Crippen molar-refractivity contribution in [3.63, 3.8) is 0 Å². The molecule has 0 aromatic heterocycles. The molecule has 3 heteroatoms. The van der Waals surface area contributed by atoms with Gasteiger partial charge in [0.25, 0.3) is 0 Å². The number of carbonyl (C=O) groups excluding carboxylic acids is 1. The second-order valence-electron chi connectivity index (χ2n) is 1.98. The summed E-state index contributed by atoms with van der Waals surface area (Å²) >= 11 is 3.06. The monoisotopic (exact) mass is 177 g/mol. The molecule has 1 saturated carbocycles. The van der Waals surface area contributed by atoms with Gasteiger partial charge in [-0.25, -0.2) is 0 Å². The number of hydrogen-bond donors (Lipinski definition) is 1. The zero-order chi connectivity index (χ0) is 5.98. The fraction of sp³-hybridized carbons (Fsp3) is 0.800. The normalized spacial score (nSPS) is 18.1. The van der Waals surface area contributed by atoms with Crippen molar-refractivity contribution in [1.29, 1.82) is 0 Å². The van der Waals surface area contributed by atoms with E-state index in [1.54, 1.807) is 0 Å². The lowest BCUT2D eigenvalue weighted by atomic mass is 10.6. The van der Waals surface area contributed by atoms with Crippen molar-refractivity contribution in [2.24, 2.45) is 0 Å². The van der Waals surface area contributed by atoms with Gasteiger partial charge in [0.15, 0.2) is 0 Å². The zero-order valence-corrected chi connectivity index (χ0v) is 6.07. The van der Waals surface area contributed by atoms with Gasteiger partial charge < -0.3 is 5.32 Å². The van der Waals surface area contributed by atoms with Gasteiger partial charge in [-0.2, -0.15) is 0 Å². The summed E-state index contributed by atoms with van der Waals surface area (Å²) in [5.41, 5.74) is 0. The van der Waals surface area contributed by atoms with Crippen molar-refractivity contribution in [2.75, 3.05) is 5.33 Å². The van der Waals surface area contributed by atoms with Crippen LogP contribution in [-0.4, -0.2) is 17.3 Å². The highest BCUT2D eigenvalue weighted by Gasteiger charge is 2.22. The quantitative estimate of drug-likeness (QED) is 0.618. The average Bonchev–Trinajstić information content (AvgIpc) is 2.50. The van der Waals surface area contributed by atoms with Gasteiger partial charge in [0.2, 0.25) is 5.91 Å². The third-order valence-electron chi connectivity index (χ3n) is 1.06. The highest BCUT2D eigenvalue weighted by Crippen LogP contribution is 2.18. The molecule has 0 saturated heterocycles. The minimum atomic E-state index is 0.104. The number of amides is 1. The Morgan fingerprint density at radius 2 is 2.38 bits per heavy atom. The zero-order valence-electron chi connectivity index (χ0n) is 4.48. The molecule has 0 spiro atoms.